The third-order valence-corrected chi connectivity index (χ3v) is 6.36. The van der Waals surface area contributed by atoms with E-state index in [1.807, 2.05) is 0 Å². The molecule has 2 unspecified atom stereocenters. The topological polar surface area (TPSA) is 26.0 Å². The maximum absolute atomic E-state index is 6.89. The van der Waals surface area contributed by atoms with Gasteiger partial charge in [-0.05, 0) is 61.8 Å². The Balaban J connectivity index is 1.61. The van der Waals surface area contributed by atoms with E-state index in [0.717, 1.165) is 17.8 Å². The number of hydrogen-bond donors (Lipinski definition) is 1. The molecule has 2 saturated carbocycles. The zero-order valence-corrected chi connectivity index (χ0v) is 13.6. The Bertz CT molecular complexity index is 430. The second-order valence-corrected chi connectivity index (χ2v) is 7.56. The van der Waals surface area contributed by atoms with Crippen molar-refractivity contribution in [2.45, 2.75) is 76.2 Å². The molecule has 1 aromatic rings. The molecule has 0 bridgehead atoms. The van der Waals surface area contributed by atoms with E-state index in [1.54, 1.807) is 0 Å². The van der Waals surface area contributed by atoms with E-state index in [1.165, 1.54) is 63.4 Å². The van der Waals surface area contributed by atoms with Gasteiger partial charge >= 0.3 is 0 Å². The zero-order chi connectivity index (χ0) is 14.7. The Morgan fingerprint density at radius 3 is 2.43 bits per heavy atom. The van der Waals surface area contributed by atoms with Gasteiger partial charge in [-0.25, -0.2) is 0 Å². The van der Waals surface area contributed by atoms with Crippen molar-refractivity contribution in [2.75, 3.05) is 0 Å². The molecule has 0 heterocycles. The lowest BCUT2D eigenvalue weighted by atomic mass is 9.63. The molecule has 0 aliphatic heterocycles. The molecular weight excluding hydrogens is 254 g/mol. The summed E-state index contributed by atoms with van der Waals surface area (Å²) in [5.74, 6) is 2.47. The summed E-state index contributed by atoms with van der Waals surface area (Å²) < 4.78 is 0. The Morgan fingerprint density at radius 2 is 1.76 bits per heavy atom. The highest BCUT2D eigenvalue weighted by molar-refractivity contribution is 5.20. The summed E-state index contributed by atoms with van der Waals surface area (Å²) in [5.41, 5.74) is 8.55. The van der Waals surface area contributed by atoms with Crippen LogP contribution in [0.4, 0.5) is 0 Å². The fraction of sp³-hybridized carbons (Fsp3) is 0.700. The molecule has 0 saturated heterocycles. The third-order valence-electron chi connectivity index (χ3n) is 6.36. The first-order valence-corrected chi connectivity index (χ1v) is 9.05. The average molecular weight is 285 g/mol. The van der Waals surface area contributed by atoms with Gasteiger partial charge in [-0.2, -0.15) is 0 Å². The standard InChI is InChI=1S/C20H31N/c1-2-16-7-6-10-19(15-16)20(21)13-11-18(12-14-20)17-8-4-3-5-9-17/h3-5,8-9,16,18-19H,2,6-7,10-15,21H2,1H3. The summed E-state index contributed by atoms with van der Waals surface area (Å²) in [6.07, 6.45) is 12.0. The Morgan fingerprint density at radius 1 is 1.05 bits per heavy atom. The first kappa shape index (κ1) is 15.1. The molecular formula is C20H31N. The van der Waals surface area contributed by atoms with Crippen molar-refractivity contribution in [1.82, 2.24) is 0 Å². The van der Waals surface area contributed by atoms with Gasteiger partial charge in [0.25, 0.3) is 0 Å². The molecule has 0 amide bonds. The third kappa shape index (κ3) is 3.34. The molecule has 2 atom stereocenters. The minimum atomic E-state index is 0.138. The van der Waals surface area contributed by atoms with Crippen molar-refractivity contribution >= 4 is 0 Å². The van der Waals surface area contributed by atoms with E-state index >= 15 is 0 Å². The average Bonchev–Trinajstić information content (AvgIpc) is 2.56. The molecule has 0 spiro atoms. The summed E-state index contributed by atoms with van der Waals surface area (Å²) in [5, 5.41) is 0. The van der Waals surface area contributed by atoms with E-state index in [0.29, 0.717) is 0 Å². The molecule has 0 aromatic heterocycles. The van der Waals surface area contributed by atoms with E-state index in [9.17, 15) is 0 Å². The largest absolute Gasteiger partial charge is 0.325 e. The Labute approximate surface area is 130 Å². The van der Waals surface area contributed by atoms with Crippen LogP contribution in [0, 0.1) is 11.8 Å². The molecule has 1 aromatic carbocycles. The van der Waals surface area contributed by atoms with Crippen molar-refractivity contribution in [3.63, 3.8) is 0 Å². The zero-order valence-electron chi connectivity index (χ0n) is 13.6. The second kappa shape index (κ2) is 6.52. The summed E-state index contributed by atoms with van der Waals surface area (Å²) in [6, 6.07) is 11.1. The predicted octanol–water partition coefficient (Wildman–Crippen LogP) is 5.26. The van der Waals surface area contributed by atoms with Crippen molar-refractivity contribution < 1.29 is 0 Å². The lowest BCUT2D eigenvalue weighted by molar-refractivity contribution is 0.118. The molecule has 2 fully saturated rings. The minimum Gasteiger partial charge on any atom is -0.325 e. The van der Waals surface area contributed by atoms with E-state index in [4.69, 9.17) is 5.73 Å². The first-order valence-electron chi connectivity index (χ1n) is 9.05. The Hall–Kier alpha value is -0.820. The van der Waals surface area contributed by atoms with Crippen LogP contribution in [0.1, 0.15) is 76.2 Å². The molecule has 2 N–H and O–H groups in total. The molecule has 3 rings (SSSR count). The molecule has 1 nitrogen and oxygen atoms in total. The molecule has 116 valence electrons. The van der Waals surface area contributed by atoms with Crippen molar-refractivity contribution in [3.05, 3.63) is 35.9 Å². The van der Waals surface area contributed by atoms with Gasteiger partial charge in [-0.3, -0.25) is 0 Å². The minimum absolute atomic E-state index is 0.138. The van der Waals surface area contributed by atoms with Crippen LogP contribution in [-0.4, -0.2) is 5.54 Å². The van der Waals surface area contributed by atoms with Gasteiger partial charge in [-0.1, -0.05) is 56.5 Å². The quantitative estimate of drug-likeness (QED) is 0.805. The van der Waals surface area contributed by atoms with E-state index in [2.05, 4.69) is 37.3 Å². The van der Waals surface area contributed by atoms with Crippen molar-refractivity contribution in [3.8, 4) is 0 Å². The fourth-order valence-corrected chi connectivity index (χ4v) is 4.81. The molecule has 2 aliphatic rings. The lowest BCUT2D eigenvalue weighted by Gasteiger charge is -2.46. The smallest absolute Gasteiger partial charge is 0.0183 e. The maximum atomic E-state index is 6.89. The molecule has 0 radical (unpaired) electrons. The van der Waals surface area contributed by atoms with Crippen molar-refractivity contribution in [2.24, 2.45) is 17.6 Å². The van der Waals surface area contributed by atoms with Crippen LogP contribution in [0.2, 0.25) is 0 Å². The number of hydrogen-bond acceptors (Lipinski definition) is 1. The van der Waals surface area contributed by atoms with Crippen LogP contribution in [0.25, 0.3) is 0 Å². The summed E-state index contributed by atoms with van der Waals surface area (Å²) in [7, 11) is 0. The molecule has 1 heteroatoms. The van der Waals surface area contributed by atoms with Crippen LogP contribution in [0.15, 0.2) is 30.3 Å². The monoisotopic (exact) mass is 285 g/mol. The fourth-order valence-electron chi connectivity index (χ4n) is 4.81. The maximum Gasteiger partial charge on any atom is 0.0183 e. The lowest BCUT2D eigenvalue weighted by Crippen LogP contribution is -2.50. The van der Waals surface area contributed by atoms with E-state index < -0.39 is 0 Å². The van der Waals surface area contributed by atoms with Crippen LogP contribution < -0.4 is 5.73 Å². The van der Waals surface area contributed by atoms with E-state index in [-0.39, 0.29) is 5.54 Å². The van der Waals surface area contributed by atoms with Gasteiger partial charge in [0.1, 0.15) is 0 Å². The van der Waals surface area contributed by atoms with Crippen molar-refractivity contribution in [1.29, 1.82) is 0 Å². The Kier molecular flexibility index (Phi) is 4.69. The van der Waals surface area contributed by atoms with Gasteiger partial charge in [-0.15, -0.1) is 0 Å². The van der Waals surface area contributed by atoms with Gasteiger partial charge in [0.05, 0.1) is 0 Å². The summed E-state index contributed by atoms with van der Waals surface area (Å²) in [6.45, 7) is 2.35. The normalized spacial score (nSPS) is 37.3. The van der Waals surface area contributed by atoms with Gasteiger partial charge in [0, 0.05) is 5.54 Å². The van der Waals surface area contributed by atoms with Crippen LogP contribution >= 0.6 is 0 Å². The summed E-state index contributed by atoms with van der Waals surface area (Å²) in [4.78, 5) is 0. The van der Waals surface area contributed by atoms with Gasteiger partial charge < -0.3 is 5.73 Å². The second-order valence-electron chi connectivity index (χ2n) is 7.56. The number of benzene rings is 1. The SMILES string of the molecule is CCC1CCCC(C2(N)CCC(c3ccccc3)CC2)C1. The van der Waals surface area contributed by atoms with Gasteiger partial charge in [0.15, 0.2) is 0 Å². The van der Waals surface area contributed by atoms with Crippen LogP contribution in [-0.2, 0) is 0 Å². The highest BCUT2D eigenvalue weighted by atomic mass is 14.8. The van der Waals surface area contributed by atoms with Crippen LogP contribution in [0.5, 0.6) is 0 Å². The highest BCUT2D eigenvalue weighted by Crippen LogP contribution is 2.45. The molecule has 2 aliphatic carbocycles. The number of nitrogens with two attached hydrogens (primary N) is 1. The van der Waals surface area contributed by atoms with Crippen LogP contribution in [0.3, 0.4) is 0 Å². The van der Waals surface area contributed by atoms with Gasteiger partial charge in [0.2, 0.25) is 0 Å². The first-order chi connectivity index (χ1) is 10.2. The predicted molar refractivity (Wildman–Crippen MR) is 90.3 cm³/mol. The highest BCUT2D eigenvalue weighted by Gasteiger charge is 2.40. The summed E-state index contributed by atoms with van der Waals surface area (Å²) >= 11 is 0. The number of rotatable bonds is 3. The molecule has 21 heavy (non-hydrogen) atoms.